The van der Waals surface area contributed by atoms with Crippen molar-refractivity contribution in [3.63, 3.8) is 0 Å². The van der Waals surface area contributed by atoms with Crippen LogP contribution in [0.4, 0.5) is 11.4 Å². The van der Waals surface area contributed by atoms with Crippen LogP contribution < -0.4 is 5.73 Å². The number of anilines is 1. The summed E-state index contributed by atoms with van der Waals surface area (Å²) in [6.45, 7) is 0.644. The van der Waals surface area contributed by atoms with Crippen molar-refractivity contribution in [3.8, 4) is 0 Å². The molecule has 102 valence electrons. The first-order valence-corrected chi connectivity index (χ1v) is 6.28. The highest BCUT2D eigenvalue weighted by Crippen LogP contribution is 2.28. The molecule has 0 unspecified atom stereocenters. The zero-order valence-electron chi connectivity index (χ0n) is 10.8. The van der Waals surface area contributed by atoms with Crippen LogP contribution in [0.25, 0.3) is 0 Å². The van der Waals surface area contributed by atoms with E-state index < -0.39 is 4.92 Å². The number of hydrogen-bond donors (Lipinski definition) is 1. The van der Waals surface area contributed by atoms with Gasteiger partial charge in [-0.1, -0.05) is 6.42 Å². The predicted molar refractivity (Wildman–Crippen MR) is 71.8 cm³/mol. The topological polar surface area (TPSA) is 89.5 Å². The molecule has 1 amide bonds. The summed E-state index contributed by atoms with van der Waals surface area (Å²) in [6, 6.07) is 4.08. The van der Waals surface area contributed by atoms with Crippen molar-refractivity contribution in [2.45, 2.75) is 19.3 Å². The van der Waals surface area contributed by atoms with E-state index in [4.69, 9.17) is 5.73 Å². The molecule has 6 heteroatoms. The Bertz CT molecular complexity index is 512. The number of carbonyl (C=O) groups is 1. The van der Waals surface area contributed by atoms with Crippen LogP contribution in [-0.4, -0.2) is 29.3 Å². The van der Waals surface area contributed by atoms with Crippen molar-refractivity contribution >= 4 is 17.3 Å². The van der Waals surface area contributed by atoms with Gasteiger partial charge in [0.15, 0.2) is 0 Å². The Labute approximate surface area is 111 Å². The summed E-state index contributed by atoms with van der Waals surface area (Å²) in [6.07, 6.45) is 3.44. The van der Waals surface area contributed by atoms with E-state index >= 15 is 0 Å². The third-order valence-electron chi connectivity index (χ3n) is 3.55. The van der Waals surface area contributed by atoms with Crippen LogP contribution in [-0.2, 0) is 0 Å². The Balaban J connectivity index is 2.21. The molecule has 1 aromatic carbocycles. The highest BCUT2D eigenvalue weighted by molar-refractivity contribution is 5.98. The number of carbonyl (C=O) groups excluding carboxylic acids is 1. The second-order valence-corrected chi connectivity index (χ2v) is 5.02. The first-order chi connectivity index (χ1) is 8.99. The van der Waals surface area contributed by atoms with Gasteiger partial charge in [0.05, 0.1) is 4.92 Å². The van der Waals surface area contributed by atoms with Crippen LogP contribution in [0.5, 0.6) is 0 Å². The van der Waals surface area contributed by atoms with Crippen LogP contribution >= 0.6 is 0 Å². The minimum atomic E-state index is -0.552. The van der Waals surface area contributed by atoms with Crippen LogP contribution in [0.3, 0.4) is 0 Å². The van der Waals surface area contributed by atoms with E-state index in [1.165, 1.54) is 24.6 Å². The zero-order chi connectivity index (χ0) is 14.0. The van der Waals surface area contributed by atoms with Crippen LogP contribution in [0.2, 0.25) is 0 Å². The maximum atomic E-state index is 12.3. The number of nitrogens with zero attached hydrogens (tertiary/aromatic N) is 2. The summed E-state index contributed by atoms with van der Waals surface area (Å²) in [5.41, 5.74) is 5.83. The predicted octanol–water partition coefficient (Wildman–Crippen LogP) is 2.05. The fraction of sp³-hybridized carbons (Fsp3) is 0.462. The standard InChI is InChI=1S/C13H17N3O3/c1-15(8-9-3-2-4-9)13(17)11-7-10(14)5-6-12(11)16(18)19/h5-7,9H,2-4,8,14H2,1H3. The Morgan fingerprint density at radius 3 is 2.74 bits per heavy atom. The maximum absolute atomic E-state index is 12.3. The lowest BCUT2D eigenvalue weighted by molar-refractivity contribution is -0.385. The van der Waals surface area contributed by atoms with Gasteiger partial charge in [-0.05, 0) is 30.9 Å². The number of rotatable bonds is 4. The Kier molecular flexibility index (Phi) is 3.69. The minimum Gasteiger partial charge on any atom is -0.399 e. The van der Waals surface area contributed by atoms with E-state index in [0.29, 0.717) is 18.2 Å². The molecular formula is C13H17N3O3. The van der Waals surface area contributed by atoms with Crippen molar-refractivity contribution in [2.24, 2.45) is 5.92 Å². The molecule has 0 saturated heterocycles. The van der Waals surface area contributed by atoms with E-state index in [-0.39, 0.29) is 17.2 Å². The fourth-order valence-electron chi connectivity index (χ4n) is 2.24. The molecule has 1 aliphatic rings. The molecule has 0 bridgehead atoms. The summed E-state index contributed by atoms with van der Waals surface area (Å²) in [5, 5.41) is 10.9. The van der Waals surface area contributed by atoms with Crippen molar-refractivity contribution in [3.05, 3.63) is 33.9 Å². The molecule has 1 aromatic rings. The number of nitro benzene ring substituents is 1. The maximum Gasteiger partial charge on any atom is 0.282 e. The Morgan fingerprint density at radius 2 is 2.21 bits per heavy atom. The van der Waals surface area contributed by atoms with Gasteiger partial charge in [0.1, 0.15) is 5.56 Å². The molecular weight excluding hydrogens is 246 g/mol. The molecule has 1 aliphatic carbocycles. The summed E-state index contributed by atoms with van der Waals surface area (Å²) in [5.74, 6) is 0.181. The molecule has 2 rings (SSSR count). The average molecular weight is 263 g/mol. The van der Waals surface area contributed by atoms with Gasteiger partial charge in [0.25, 0.3) is 11.6 Å². The monoisotopic (exact) mass is 263 g/mol. The largest absolute Gasteiger partial charge is 0.399 e. The lowest BCUT2D eigenvalue weighted by Crippen LogP contribution is -2.34. The molecule has 0 radical (unpaired) electrons. The van der Waals surface area contributed by atoms with Gasteiger partial charge in [-0.25, -0.2) is 0 Å². The number of nitro groups is 1. The van der Waals surface area contributed by atoms with Crippen LogP contribution in [0.15, 0.2) is 18.2 Å². The fourth-order valence-corrected chi connectivity index (χ4v) is 2.24. The first kappa shape index (κ1) is 13.3. The van der Waals surface area contributed by atoms with E-state index in [1.807, 2.05) is 0 Å². The van der Waals surface area contributed by atoms with Crippen molar-refractivity contribution in [1.29, 1.82) is 0 Å². The van der Waals surface area contributed by atoms with E-state index in [1.54, 1.807) is 11.9 Å². The SMILES string of the molecule is CN(CC1CCC1)C(=O)c1cc(N)ccc1[N+](=O)[O-]. The molecule has 1 saturated carbocycles. The van der Waals surface area contributed by atoms with Crippen molar-refractivity contribution in [1.82, 2.24) is 4.90 Å². The lowest BCUT2D eigenvalue weighted by atomic mass is 9.85. The number of nitrogen functional groups attached to an aromatic ring is 1. The molecule has 2 N–H and O–H groups in total. The second kappa shape index (κ2) is 5.26. The minimum absolute atomic E-state index is 0.0619. The smallest absolute Gasteiger partial charge is 0.282 e. The van der Waals surface area contributed by atoms with E-state index in [2.05, 4.69) is 0 Å². The van der Waals surface area contributed by atoms with Gasteiger partial charge in [-0.2, -0.15) is 0 Å². The number of hydrogen-bond acceptors (Lipinski definition) is 4. The molecule has 6 nitrogen and oxygen atoms in total. The van der Waals surface area contributed by atoms with Gasteiger partial charge in [-0.15, -0.1) is 0 Å². The third kappa shape index (κ3) is 2.83. The summed E-state index contributed by atoms with van der Waals surface area (Å²) < 4.78 is 0. The summed E-state index contributed by atoms with van der Waals surface area (Å²) >= 11 is 0. The Morgan fingerprint density at radius 1 is 1.53 bits per heavy atom. The molecule has 0 aromatic heterocycles. The zero-order valence-corrected chi connectivity index (χ0v) is 10.8. The highest BCUT2D eigenvalue weighted by atomic mass is 16.6. The first-order valence-electron chi connectivity index (χ1n) is 6.28. The highest BCUT2D eigenvalue weighted by Gasteiger charge is 2.26. The van der Waals surface area contributed by atoms with Gasteiger partial charge in [0.2, 0.25) is 0 Å². The molecule has 1 fully saturated rings. The van der Waals surface area contributed by atoms with Crippen LogP contribution in [0.1, 0.15) is 29.6 Å². The number of benzene rings is 1. The normalized spacial score (nSPS) is 14.8. The number of nitrogens with two attached hydrogens (primary N) is 1. The van der Waals surface area contributed by atoms with Gasteiger partial charge in [0, 0.05) is 25.3 Å². The summed E-state index contributed by atoms with van der Waals surface area (Å²) in [4.78, 5) is 24.2. The average Bonchev–Trinajstić information content (AvgIpc) is 2.32. The van der Waals surface area contributed by atoms with E-state index in [0.717, 1.165) is 12.8 Å². The van der Waals surface area contributed by atoms with Gasteiger partial charge >= 0.3 is 0 Å². The molecule has 0 aliphatic heterocycles. The summed E-state index contributed by atoms with van der Waals surface area (Å²) in [7, 11) is 1.67. The van der Waals surface area contributed by atoms with Crippen molar-refractivity contribution in [2.75, 3.05) is 19.3 Å². The number of amides is 1. The third-order valence-corrected chi connectivity index (χ3v) is 3.55. The molecule has 0 spiro atoms. The molecule has 19 heavy (non-hydrogen) atoms. The van der Waals surface area contributed by atoms with Gasteiger partial charge in [-0.3, -0.25) is 14.9 Å². The Hall–Kier alpha value is -2.11. The molecule has 0 atom stereocenters. The molecule has 0 heterocycles. The second-order valence-electron chi connectivity index (χ2n) is 5.02. The van der Waals surface area contributed by atoms with Crippen molar-refractivity contribution < 1.29 is 9.72 Å². The van der Waals surface area contributed by atoms with Crippen LogP contribution in [0, 0.1) is 16.0 Å². The lowest BCUT2D eigenvalue weighted by Gasteiger charge is -2.30. The van der Waals surface area contributed by atoms with E-state index in [9.17, 15) is 14.9 Å². The quantitative estimate of drug-likeness (QED) is 0.511. The van der Waals surface area contributed by atoms with Gasteiger partial charge < -0.3 is 10.6 Å².